The van der Waals surface area contributed by atoms with Gasteiger partial charge in [0.05, 0.1) is 25.2 Å². The van der Waals surface area contributed by atoms with Gasteiger partial charge in [-0.3, -0.25) is 14.9 Å². The molecular formula is C33H63N3O4. The topological polar surface area (TPSA) is 87.7 Å². The standard InChI is InChI=1S/C33H63N3O4/c1-28(2,3)25(37)32(13,34-30(7,8)9)21-19-17-15-14-16-18-20-22-40-27(39)36-23-33(24-36,35-31(10,11)12)26(38)29(4,5)6/h34-35H,14-24H2,1-13H3/t32-/m0/s1. The number of likely N-dealkylation sites (tertiary alicyclic amines) is 1. The Morgan fingerprint density at radius 3 is 1.57 bits per heavy atom. The van der Waals surface area contributed by atoms with Crippen LogP contribution in [0.3, 0.4) is 0 Å². The van der Waals surface area contributed by atoms with E-state index in [2.05, 4.69) is 38.3 Å². The van der Waals surface area contributed by atoms with Gasteiger partial charge in [0.1, 0.15) is 5.54 Å². The SMILES string of the molecule is CC(C)(C)NC1(C(=O)C(C)(C)C)CN(C(=O)OCCCCCCCCC[C@](C)(NC(C)(C)C)C(=O)C(C)(C)C)C1. The van der Waals surface area contributed by atoms with Gasteiger partial charge in [0.25, 0.3) is 0 Å². The smallest absolute Gasteiger partial charge is 0.409 e. The molecule has 7 nitrogen and oxygen atoms in total. The molecule has 1 heterocycles. The van der Waals surface area contributed by atoms with Gasteiger partial charge in [-0.2, -0.15) is 0 Å². The fourth-order valence-electron chi connectivity index (χ4n) is 6.05. The van der Waals surface area contributed by atoms with Gasteiger partial charge in [0.15, 0.2) is 11.6 Å². The number of hydrogen-bond donors (Lipinski definition) is 2. The average molecular weight is 566 g/mol. The van der Waals surface area contributed by atoms with Crippen molar-refractivity contribution in [3.63, 3.8) is 0 Å². The van der Waals surface area contributed by atoms with Crippen LogP contribution in [-0.2, 0) is 14.3 Å². The summed E-state index contributed by atoms with van der Waals surface area (Å²) in [7, 11) is 0. The van der Waals surface area contributed by atoms with Crippen molar-refractivity contribution in [3.8, 4) is 0 Å². The van der Waals surface area contributed by atoms with Gasteiger partial charge in [-0.15, -0.1) is 0 Å². The summed E-state index contributed by atoms with van der Waals surface area (Å²) in [5, 5.41) is 7.08. The first-order valence-electron chi connectivity index (χ1n) is 15.5. The van der Waals surface area contributed by atoms with Crippen LogP contribution in [0.1, 0.15) is 141 Å². The van der Waals surface area contributed by atoms with Crippen molar-refractivity contribution in [2.75, 3.05) is 19.7 Å². The summed E-state index contributed by atoms with van der Waals surface area (Å²) in [6, 6.07) is 0. The van der Waals surface area contributed by atoms with Crippen molar-refractivity contribution in [1.29, 1.82) is 0 Å². The summed E-state index contributed by atoms with van der Waals surface area (Å²) in [6.07, 6.45) is 7.93. The van der Waals surface area contributed by atoms with Gasteiger partial charge < -0.3 is 15.0 Å². The van der Waals surface area contributed by atoms with E-state index in [9.17, 15) is 14.4 Å². The molecule has 1 aliphatic rings. The molecule has 0 aromatic rings. The molecular weight excluding hydrogens is 502 g/mol. The lowest BCUT2D eigenvalue weighted by atomic mass is 9.73. The van der Waals surface area contributed by atoms with Crippen LogP contribution in [0, 0.1) is 10.8 Å². The molecule has 0 radical (unpaired) electrons. The fraction of sp³-hybridized carbons (Fsp3) is 0.909. The van der Waals surface area contributed by atoms with Gasteiger partial charge in [-0.25, -0.2) is 4.79 Å². The van der Waals surface area contributed by atoms with Crippen molar-refractivity contribution >= 4 is 17.7 Å². The van der Waals surface area contributed by atoms with Crippen LogP contribution < -0.4 is 10.6 Å². The molecule has 1 rings (SSSR count). The number of carbonyl (C=O) groups excluding carboxylic acids is 3. The number of rotatable bonds is 14. The Hall–Kier alpha value is -1.47. The Balaban J connectivity index is 2.33. The molecule has 1 saturated heterocycles. The third kappa shape index (κ3) is 11.8. The van der Waals surface area contributed by atoms with E-state index in [0.29, 0.717) is 19.7 Å². The van der Waals surface area contributed by atoms with E-state index in [-0.39, 0.29) is 34.2 Å². The molecule has 1 amide bonds. The number of unbranched alkanes of at least 4 members (excludes halogenated alkanes) is 6. The number of hydrogen-bond acceptors (Lipinski definition) is 6. The normalized spacial score (nSPS) is 17.7. The molecule has 2 N–H and O–H groups in total. The molecule has 40 heavy (non-hydrogen) atoms. The highest BCUT2D eigenvalue weighted by molar-refractivity contribution is 5.95. The lowest BCUT2D eigenvalue weighted by molar-refractivity contribution is -0.141. The summed E-state index contributed by atoms with van der Waals surface area (Å²) in [6.45, 7) is 27.5. The fourth-order valence-corrected chi connectivity index (χ4v) is 6.05. The maximum Gasteiger partial charge on any atom is 0.409 e. The lowest BCUT2D eigenvalue weighted by Gasteiger charge is -2.53. The third-order valence-corrected chi connectivity index (χ3v) is 7.29. The summed E-state index contributed by atoms with van der Waals surface area (Å²) in [5.41, 5.74) is -2.44. The van der Waals surface area contributed by atoms with Gasteiger partial charge in [0, 0.05) is 21.9 Å². The highest BCUT2D eigenvalue weighted by Gasteiger charge is 2.55. The Morgan fingerprint density at radius 2 is 1.15 bits per heavy atom. The summed E-state index contributed by atoms with van der Waals surface area (Å²) >= 11 is 0. The van der Waals surface area contributed by atoms with Crippen molar-refractivity contribution in [2.24, 2.45) is 10.8 Å². The monoisotopic (exact) mass is 565 g/mol. The number of nitrogens with one attached hydrogen (secondary N) is 2. The van der Waals surface area contributed by atoms with E-state index in [1.807, 2.05) is 62.3 Å². The van der Waals surface area contributed by atoms with E-state index in [1.54, 1.807) is 4.90 Å². The minimum Gasteiger partial charge on any atom is -0.449 e. The van der Waals surface area contributed by atoms with Gasteiger partial charge in [0.2, 0.25) is 0 Å². The Kier molecular flexibility index (Phi) is 12.5. The lowest BCUT2D eigenvalue weighted by Crippen LogP contribution is -2.78. The summed E-state index contributed by atoms with van der Waals surface area (Å²) in [4.78, 5) is 40.5. The van der Waals surface area contributed by atoms with Crippen molar-refractivity contribution in [2.45, 2.75) is 164 Å². The minimum atomic E-state index is -0.713. The third-order valence-electron chi connectivity index (χ3n) is 7.29. The molecule has 0 unspecified atom stereocenters. The maximum absolute atomic E-state index is 13.2. The predicted octanol–water partition coefficient (Wildman–Crippen LogP) is 7.06. The maximum atomic E-state index is 13.2. The summed E-state index contributed by atoms with van der Waals surface area (Å²) in [5.74, 6) is 0.412. The zero-order valence-electron chi connectivity index (χ0n) is 28.4. The minimum absolute atomic E-state index is 0.120. The summed E-state index contributed by atoms with van der Waals surface area (Å²) < 4.78 is 5.52. The predicted molar refractivity (Wildman–Crippen MR) is 166 cm³/mol. The number of carbonyl (C=O) groups is 3. The van der Waals surface area contributed by atoms with Crippen LogP contribution in [0.2, 0.25) is 0 Å². The second kappa shape index (κ2) is 13.7. The van der Waals surface area contributed by atoms with Gasteiger partial charge in [-0.05, 0) is 61.3 Å². The number of amides is 1. The molecule has 0 saturated carbocycles. The molecule has 1 fully saturated rings. The van der Waals surface area contributed by atoms with Gasteiger partial charge in [-0.1, -0.05) is 80.1 Å². The molecule has 1 atom stereocenters. The molecule has 0 aromatic heterocycles. The Bertz CT molecular complexity index is 849. The number of ether oxygens (including phenoxy) is 1. The largest absolute Gasteiger partial charge is 0.449 e. The Labute approximate surface area is 246 Å². The van der Waals surface area contributed by atoms with E-state index >= 15 is 0 Å². The van der Waals surface area contributed by atoms with Crippen LogP contribution in [0.4, 0.5) is 4.79 Å². The Morgan fingerprint density at radius 1 is 0.675 bits per heavy atom. The van der Waals surface area contributed by atoms with Crippen molar-refractivity contribution in [1.82, 2.24) is 15.5 Å². The molecule has 0 aromatic carbocycles. The number of nitrogens with zero attached hydrogens (tertiary/aromatic N) is 1. The molecule has 0 bridgehead atoms. The second-order valence-corrected chi connectivity index (χ2v) is 16.5. The highest BCUT2D eigenvalue weighted by Crippen LogP contribution is 2.33. The average Bonchev–Trinajstić information content (AvgIpc) is 2.72. The first kappa shape index (κ1) is 36.6. The number of Topliss-reactive ketones (excluding diaryl/α,β-unsaturated/α-hetero) is 2. The van der Waals surface area contributed by atoms with E-state index in [4.69, 9.17) is 4.74 Å². The zero-order chi connectivity index (χ0) is 31.2. The first-order chi connectivity index (χ1) is 17.9. The molecule has 1 aliphatic heterocycles. The zero-order valence-corrected chi connectivity index (χ0v) is 28.4. The van der Waals surface area contributed by atoms with Crippen LogP contribution in [-0.4, -0.2) is 64.4 Å². The van der Waals surface area contributed by atoms with E-state index in [1.165, 1.54) is 0 Å². The van der Waals surface area contributed by atoms with Crippen molar-refractivity contribution < 1.29 is 19.1 Å². The highest BCUT2D eigenvalue weighted by atomic mass is 16.6. The van der Waals surface area contributed by atoms with Crippen LogP contribution in [0.25, 0.3) is 0 Å². The second-order valence-electron chi connectivity index (χ2n) is 16.5. The molecule has 234 valence electrons. The van der Waals surface area contributed by atoms with Crippen molar-refractivity contribution in [3.05, 3.63) is 0 Å². The quantitative estimate of drug-likeness (QED) is 0.219. The number of ketones is 2. The van der Waals surface area contributed by atoms with E-state index in [0.717, 1.165) is 51.4 Å². The van der Waals surface area contributed by atoms with Gasteiger partial charge >= 0.3 is 6.09 Å². The van der Waals surface area contributed by atoms with Crippen LogP contribution in [0.15, 0.2) is 0 Å². The van der Waals surface area contributed by atoms with E-state index < -0.39 is 16.5 Å². The first-order valence-corrected chi connectivity index (χ1v) is 15.5. The molecule has 7 heteroatoms. The van der Waals surface area contributed by atoms with Crippen LogP contribution >= 0.6 is 0 Å². The molecule has 0 aliphatic carbocycles. The molecule has 0 spiro atoms. The van der Waals surface area contributed by atoms with Crippen LogP contribution in [0.5, 0.6) is 0 Å².